The fraction of sp³-hybridized carbons (Fsp3) is 0.368. The minimum absolute atomic E-state index is 0.0786. The van der Waals surface area contributed by atoms with Crippen molar-refractivity contribution in [3.05, 3.63) is 54.2 Å². The topological polar surface area (TPSA) is 74.2 Å². The molecule has 6 heteroatoms. The lowest BCUT2D eigenvalue weighted by Gasteiger charge is -2.33. The number of aromatic nitrogens is 2. The van der Waals surface area contributed by atoms with Crippen molar-refractivity contribution < 1.29 is 9.21 Å². The molecule has 3 aromatic rings. The molecule has 1 atom stereocenters. The first kappa shape index (κ1) is 15.9. The molecule has 2 aromatic heterocycles. The number of aromatic amines is 1. The van der Waals surface area contributed by atoms with Crippen LogP contribution in [-0.2, 0) is 0 Å². The Balaban J connectivity index is 1.47. The van der Waals surface area contributed by atoms with Crippen molar-refractivity contribution in [1.82, 2.24) is 20.2 Å². The second kappa shape index (κ2) is 7.11. The number of nitrogens with one attached hydrogen (secondary N) is 2. The van der Waals surface area contributed by atoms with Crippen molar-refractivity contribution in [1.29, 1.82) is 0 Å². The number of imidazole rings is 1. The molecule has 1 aliphatic heterocycles. The van der Waals surface area contributed by atoms with Gasteiger partial charge in [0.2, 0.25) is 0 Å². The lowest BCUT2D eigenvalue weighted by Crippen LogP contribution is -2.40. The minimum Gasteiger partial charge on any atom is -0.468 e. The molecule has 0 aliphatic carbocycles. The average molecular weight is 338 g/mol. The summed E-state index contributed by atoms with van der Waals surface area (Å²) in [6.45, 7) is 2.62. The van der Waals surface area contributed by atoms with Crippen LogP contribution in [0.3, 0.4) is 0 Å². The van der Waals surface area contributed by atoms with Crippen LogP contribution in [0.1, 0.15) is 41.4 Å². The first-order valence-corrected chi connectivity index (χ1v) is 8.80. The van der Waals surface area contributed by atoms with E-state index in [0.717, 1.165) is 29.9 Å². The van der Waals surface area contributed by atoms with E-state index < -0.39 is 0 Å². The Bertz CT molecular complexity index is 834. The third-order valence-electron chi connectivity index (χ3n) is 4.84. The van der Waals surface area contributed by atoms with Gasteiger partial charge in [0.1, 0.15) is 5.76 Å². The maximum atomic E-state index is 12.6. The molecule has 1 fully saturated rings. The summed E-state index contributed by atoms with van der Waals surface area (Å²) < 4.78 is 5.63. The van der Waals surface area contributed by atoms with Crippen molar-refractivity contribution in [3.8, 4) is 0 Å². The molecule has 0 unspecified atom stereocenters. The van der Waals surface area contributed by atoms with Gasteiger partial charge in [-0.05, 0) is 56.3 Å². The summed E-state index contributed by atoms with van der Waals surface area (Å²) in [5.41, 5.74) is 2.36. The number of H-pyrrole nitrogens is 1. The van der Waals surface area contributed by atoms with Gasteiger partial charge in [0.25, 0.3) is 5.91 Å². The molecule has 0 saturated carbocycles. The Morgan fingerprint density at radius 3 is 2.96 bits per heavy atom. The van der Waals surface area contributed by atoms with Crippen LogP contribution in [0.15, 0.2) is 47.3 Å². The Hall–Kier alpha value is -2.60. The summed E-state index contributed by atoms with van der Waals surface area (Å²) in [6.07, 6.45) is 7.00. The van der Waals surface area contributed by atoms with Gasteiger partial charge in [0.15, 0.2) is 0 Å². The molecule has 6 nitrogen and oxygen atoms in total. The predicted molar refractivity (Wildman–Crippen MR) is 95.3 cm³/mol. The molecule has 1 aliphatic rings. The molecule has 0 spiro atoms. The SMILES string of the molecule is O=C(NC[C@@H](c1ccco1)N1CCCCC1)c1ccc2nc[nH]c2c1. The van der Waals surface area contributed by atoms with Crippen LogP contribution in [0, 0.1) is 0 Å². The zero-order valence-corrected chi connectivity index (χ0v) is 14.1. The summed E-state index contributed by atoms with van der Waals surface area (Å²) in [7, 11) is 0. The van der Waals surface area contributed by atoms with Gasteiger partial charge in [-0.15, -0.1) is 0 Å². The van der Waals surface area contributed by atoms with Gasteiger partial charge >= 0.3 is 0 Å². The number of carbonyl (C=O) groups is 1. The van der Waals surface area contributed by atoms with Gasteiger partial charge in [-0.2, -0.15) is 0 Å². The molecule has 1 saturated heterocycles. The molecule has 130 valence electrons. The molecule has 2 N–H and O–H groups in total. The van der Waals surface area contributed by atoms with E-state index in [1.54, 1.807) is 18.7 Å². The number of amides is 1. The highest BCUT2D eigenvalue weighted by Crippen LogP contribution is 2.24. The normalized spacial score (nSPS) is 16.8. The standard InChI is InChI=1S/C19H22N4O2/c24-19(14-6-7-15-16(11-14)22-13-21-15)20-12-17(18-5-4-10-25-18)23-8-2-1-3-9-23/h4-7,10-11,13,17H,1-3,8-9,12H2,(H,20,24)(H,21,22)/t17-/m0/s1. The predicted octanol–water partition coefficient (Wildman–Crippen LogP) is 3.11. The maximum Gasteiger partial charge on any atom is 0.251 e. The molecule has 25 heavy (non-hydrogen) atoms. The zero-order valence-electron chi connectivity index (χ0n) is 14.1. The number of furan rings is 1. The van der Waals surface area contributed by atoms with Crippen molar-refractivity contribution in [3.63, 3.8) is 0 Å². The number of carbonyl (C=O) groups excluding carboxylic acids is 1. The van der Waals surface area contributed by atoms with E-state index in [2.05, 4.69) is 20.2 Å². The molecule has 4 rings (SSSR count). The number of nitrogens with zero attached hydrogens (tertiary/aromatic N) is 2. The summed E-state index contributed by atoms with van der Waals surface area (Å²) in [4.78, 5) is 22.2. The Morgan fingerprint density at radius 1 is 1.28 bits per heavy atom. The summed E-state index contributed by atoms with van der Waals surface area (Å²) in [6, 6.07) is 9.47. The molecule has 1 aromatic carbocycles. The Labute approximate surface area is 146 Å². The van der Waals surface area contributed by atoms with Crippen LogP contribution in [0.25, 0.3) is 11.0 Å². The first-order valence-electron chi connectivity index (χ1n) is 8.80. The Kier molecular flexibility index (Phi) is 4.52. The van der Waals surface area contributed by atoms with Crippen LogP contribution in [0.2, 0.25) is 0 Å². The third kappa shape index (κ3) is 3.44. The van der Waals surface area contributed by atoms with Gasteiger partial charge in [0, 0.05) is 12.1 Å². The monoisotopic (exact) mass is 338 g/mol. The number of hydrogen-bond donors (Lipinski definition) is 2. The number of piperidine rings is 1. The van der Waals surface area contributed by atoms with Crippen molar-refractivity contribution in [2.45, 2.75) is 25.3 Å². The van der Waals surface area contributed by atoms with Gasteiger partial charge in [-0.1, -0.05) is 6.42 Å². The number of fused-ring (bicyclic) bond motifs is 1. The van der Waals surface area contributed by atoms with Gasteiger partial charge in [0.05, 0.1) is 29.7 Å². The van der Waals surface area contributed by atoms with E-state index in [1.807, 2.05) is 24.3 Å². The summed E-state index contributed by atoms with van der Waals surface area (Å²) in [5, 5.41) is 3.07. The summed E-state index contributed by atoms with van der Waals surface area (Å²) in [5.74, 6) is 0.830. The van der Waals surface area contributed by atoms with E-state index in [0.29, 0.717) is 12.1 Å². The zero-order chi connectivity index (χ0) is 17.1. The van der Waals surface area contributed by atoms with Gasteiger partial charge in [-0.3, -0.25) is 9.69 Å². The fourth-order valence-corrected chi connectivity index (χ4v) is 3.49. The van der Waals surface area contributed by atoms with E-state index in [1.165, 1.54) is 19.3 Å². The number of benzene rings is 1. The third-order valence-corrected chi connectivity index (χ3v) is 4.84. The lowest BCUT2D eigenvalue weighted by molar-refractivity contribution is 0.0914. The molecule has 0 bridgehead atoms. The van der Waals surface area contributed by atoms with Crippen LogP contribution < -0.4 is 5.32 Å². The molecule has 1 amide bonds. The van der Waals surface area contributed by atoms with E-state index in [9.17, 15) is 4.79 Å². The van der Waals surface area contributed by atoms with E-state index in [4.69, 9.17) is 4.42 Å². The van der Waals surface area contributed by atoms with Crippen LogP contribution in [0.4, 0.5) is 0 Å². The quantitative estimate of drug-likeness (QED) is 0.750. The molecule has 3 heterocycles. The van der Waals surface area contributed by atoms with Crippen molar-refractivity contribution in [2.24, 2.45) is 0 Å². The number of rotatable bonds is 5. The molecular formula is C19H22N4O2. The summed E-state index contributed by atoms with van der Waals surface area (Å²) >= 11 is 0. The van der Waals surface area contributed by atoms with Gasteiger partial charge < -0.3 is 14.7 Å². The Morgan fingerprint density at radius 2 is 2.16 bits per heavy atom. The highest BCUT2D eigenvalue weighted by atomic mass is 16.3. The number of likely N-dealkylation sites (tertiary alicyclic amines) is 1. The highest BCUT2D eigenvalue weighted by molar-refractivity contribution is 5.97. The second-order valence-corrected chi connectivity index (χ2v) is 6.47. The van der Waals surface area contributed by atoms with Crippen LogP contribution >= 0.6 is 0 Å². The molecular weight excluding hydrogens is 316 g/mol. The maximum absolute atomic E-state index is 12.6. The second-order valence-electron chi connectivity index (χ2n) is 6.47. The van der Waals surface area contributed by atoms with Crippen LogP contribution in [-0.4, -0.2) is 40.4 Å². The molecule has 0 radical (unpaired) electrons. The lowest BCUT2D eigenvalue weighted by atomic mass is 10.1. The first-order chi connectivity index (χ1) is 12.3. The fourth-order valence-electron chi connectivity index (χ4n) is 3.49. The highest BCUT2D eigenvalue weighted by Gasteiger charge is 2.25. The largest absolute Gasteiger partial charge is 0.468 e. The minimum atomic E-state index is -0.0786. The smallest absolute Gasteiger partial charge is 0.251 e. The van der Waals surface area contributed by atoms with Crippen molar-refractivity contribution >= 4 is 16.9 Å². The number of hydrogen-bond acceptors (Lipinski definition) is 4. The average Bonchev–Trinajstić information content (AvgIpc) is 3.34. The van der Waals surface area contributed by atoms with Crippen molar-refractivity contribution in [2.75, 3.05) is 19.6 Å². The van der Waals surface area contributed by atoms with Gasteiger partial charge in [-0.25, -0.2) is 4.98 Å². The van der Waals surface area contributed by atoms with Crippen LogP contribution in [0.5, 0.6) is 0 Å². The van der Waals surface area contributed by atoms with E-state index >= 15 is 0 Å². The van der Waals surface area contributed by atoms with E-state index in [-0.39, 0.29) is 11.9 Å².